The molecule has 6 nitrogen and oxygen atoms in total. The van der Waals surface area contributed by atoms with E-state index < -0.39 is 0 Å². The van der Waals surface area contributed by atoms with Crippen LogP contribution in [-0.4, -0.2) is 76.9 Å². The fourth-order valence-electron chi connectivity index (χ4n) is 5.01. The summed E-state index contributed by atoms with van der Waals surface area (Å²) in [5.74, 6) is 7.48. The first-order valence-electron chi connectivity index (χ1n) is 12.0. The van der Waals surface area contributed by atoms with E-state index in [1.165, 1.54) is 32.1 Å². The molecule has 0 spiro atoms. The van der Waals surface area contributed by atoms with Gasteiger partial charge in [0.05, 0.1) is 12.1 Å². The van der Waals surface area contributed by atoms with Crippen molar-refractivity contribution in [3.63, 3.8) is 0 Å². The highest BCUT2D eigenvalue weighted by Gasteiger charge is 2.42. The van der Waals surface area contributed by atoms with Crippen molar-refractivity contribution in [1.29, 1.82) is 0 Å². The summed E-state index contributed by atoms with van der Waals surface area (Å²) >= 11 is 0. The standard InChI is InChI=1S/C25H39N5O/c1-5-9-22(6-2)29-18-23-12-13-24(19-29)30(23)25-26-16-21(17-27-25)11-8-15-28(4)14-7-10-20(3)31/h16-17,22-24H,5-7,9-10,12-15,18-19H2,1-4H3. The van der Waals surface area contributed by atoms with Gasteiger partial charge >= 0.3 is 0 Å². The highest BCUT2D eigenvalue weighted by molar-refractivity contribution is 5.75. The molecular weight excluding hydrogens is 386 g/mol. The van der Waals surface area contributed by atoms with Crippen molar-refractivity contribution >= 4 is 11.7 Å². The third-order valence-corrected chi connectivity index (χ3v) is 6.64. The summed E-state index contributed by atoms with van der Waals surface area (Å²) in [7, 11) is 2.04. The lowest BCUT2D eigenvalue weighted by molar-refractivity contribution is -0.117. The molecule has 2 aliphatic heterocycles. The average molecular weight is 426 g/mol. The summed E-state index contributed by atoms with van der Waals surface area (Å²) in [5, 5.41) is 0. The van der Waals surface area contributed by atoms with Crippen LogP contribution in [0, 0.1) is 11.8 Å². The maximum absolute atomic E-state index is 11.0. The van der Waals surface area contributed by atoms with Crippen molar-refractivity contribution in [2.24, 2.45) is 0 Å². The molecule has 2 fully saturated rings. The number of nitrogens with zero attached hydrogens (tertiary/aromatic N) is 5. The van der Waals surface area contributed by atoms with Crippen LogP contribution in [0.2, 0.25) is 0 Å². The molecule has 3 unspecified atom stereocenters. The summed E-state index contributed by atoms with van der Waals surface area (Å²) < 4.78 is 0. The molecule has 0 saturated carbocycles. The Labute approximate surface area is 188 Å². The maximum Gasteiger partial charge on any atom is 0.225 e. The summed E-state index contributed by atoms with van der Waals surface area (Å²) in [4.78, 5) is 27.7. The largest absolute Gasteiger partial charge is 0.332 e. The van der Waals surface area contributed by atoms with Gasteiger partial charge in [0.1, 0.15) is 5.78 Å². The van der Waals surface area contributed by atoms with E-state index in [-0.39, 0.29) is 5.78 Å². The Kier molecular flexibility index (Phi) is 8.86. The first-order valence-corrected chi connectivity index (χ1v) is 12.0. The van der Waals surface area contributed by atoms with E-state index in [2.05, 4.69) is 50.4 Å². The maximum atomic E-state index is 11.0. The Bertz CT molecular complexity index is 754. The lowest BCUT2D eigenvalue weighted by atomic mass is 10.0. The SMILES string of the molecule is CCCC(CC)N1CC2CCC(C1)N2c1ncc(C#CCN(C)CCCC(C)=O)cn1. The van der Waals surface area contributed by atoms with Gasteiger partial charge in [0, 0.05) is 50.0 Å². The quantitative estimate of drug-likeness (QED) is 0.536. The molecule has 2 saturated heterocycles. The van der Waals surface area contributed by atoms with Gasteiger partial charge in [-0.1, -0.05) is 32.1 Å². The van der Waals surface area contributed by atoms with Crippen molar-refractivity contribution in [2.45, 2.75) is 83.8 Å². The monoisotopic (exact) mass is 425 g/mol. The number of carbonyl (C=O) groups is 1. The molecule has 1 aromatic rings. The lowest BCUT2D eigenvalue weighted by Gasteiger charge is -2.44. The van der Waals surface area contributed by atoms with Crippen LogP contribution >= 0.6 is 0 Å². The number of fused-ring (bicyclic) bond motifs is 2. The van der Waals surface area contributed by atoms with Gasteiger partial charge in [0.15, 0.2) is 0 Å². The third-order valence-electron chi connectivity index (χ3n) is 6.64. The minimum Gasteiger partial charge on any atom is -0.332 e. The van der Waals surface area contributed by atoms with Crippen LogP contribution in [-0.2, 0) is 4.79 Å². The van der Waals surface area contributed by atoms with Gasteiger partial charge in [-0.3, -0.25) is 9.80 Å². The second kappa shape index (κ2) is 11.6. The van der Waals surface area contributed by atoms with Gasteiger partial charge in [-0.25, -0.2) is 9.97 Å². The number of hydrogen-bond donors (Lipinski definition) is 0. The minimum atomic E-state index is 0.248. The summed E-state index contributed by atoms with van der Waals surface area (Å²) in [6.45, 7) is 10.1. The Balaban J connectivity index is 1.54. The van der Waals surface area contributed by atoms with E-state index in [0.717, 1.165) is 43.6 Å². The second-order valence-corrected chi connectivity index (χ2v) is 9.21. The number of Topliss-reactive ketones (excluding diaryl/α,β-unsaturated/α-hetero) is 1. The molecule has 2 bridgehead atoms. The van der Waals surface area contributed by atoms with Gasteiger partial charge < -0.3 is 9.69 Å². The average Bonchev–Trinajstić information content (AvgIpc) is 3.01. The first-order chi connectivity index (χ1) is 15.0. The molecular formula is C25H39N5O. The third kappa shape index (κ3) is 6.51. The van der Waals surface area contributed by atoms with Crippen LogP contribution in [0.1, 0.15) is 71.3 Å². The van der Waals surface area contributed by atoms with Crippen molar-refractivity contribution in [3.8, 4) is 11.8 Å². The van der Waals surface area contributed by atoms with E-state index in [4.69, 9.17) is 0 Å². The summed E-state index contributed by atoms with van der Waals surface area (Å²) in [6, 6.07) is 1.78. The van der Waals surface area contributed by atoms with Gasteiger partial charge in [-0.2, -0.15) is 0 Å². The lowest BCUT2D eigenvalue weighted by Crippen LogP contribution is -2.57. The molecule has 3 rings (SSSR count). The van der Waals surface area contributed by atoms with Gasteiger partial charge in [0.25, 0.3) is 0 Å². The van der Waals surface area contributed by atoms with Crippen molar-refractivity contribution in [1.82, 2.24) is 19.8 Å². The summed E-state index contributed by atoms with van der Waals surface area (Å²) in [6.07, 6.45) is 11.5. The molecule has 0 N–H and O–H groups in total. The fourth-order valence-corrected chi connectivity index (χ4v) is 5.01. The zero-order valence-corrected chi connectivity index (χ0v) is 19.8. The second-order valence-electron chi connectivity index (χ2n) is 9.21. The molecule has 3 heterocycles. The Hall–Kier alpha value is -1.97. The van der Waals surface area contributed by atoms with Crippen molar-refractivity contribution in [2.75, 3.05) is 38.1 Å². The zero-order valence-electron chi connectivity index (χ0n) is 19.8. The van der Waals surface area contributed by atoms with Crippen molar-refractivity contribution in [3.05, 3.63) is 18.0 Å². The van der Waals surface area contributed by atoms with Crippen LogP contribution in [0.5, 0.6) is 0 Å². The van der Waals surface area contributed by atoms with E-state index >= 15 is 0 Å². The molecule has 2 aliphatic rings. The van der Waals surface area contributed by atoms with Crippen LogP contribution in [0.25, 0.3) is 0 Å². The Morgan fingerprint density at radius 3 is 2.48 bits per heavy atom. The number of aromatic nitrogens is 2. The topological polar surface area (TPSA) is 52.6 Å². The molecule has 3 atom stereocenters. The molecule has 0 radical (unpaired) electrons. The smallest absolute Gasteiger partial charge is 0.225 e. The molecule has 0 amide bonds. The number of carbonyl (C=O) groups excluding carboxylic acids is 1. The van der Waals surface area contributed by atoms with E-state index in [1.54, 1.807) is 6.92 Å². The number of likely N-dealkylation sites (tertiary alicyclic amines) is 1. The van der Waals surface area contributed by atoms with Gasteiger partial charge in [-0.15, -0.1) is 0 Å². The molecule has 0 aromatic carbocycles. The molecule has 1 aromatic heterocycles. The number of rotatable bonds is 10. The van der Waals surface area contributed by atoms with Crippen LogP contribution in [0.3, 0.4) is 0 Å². The number of hydrogen-bond acceptors (Lipinski definition) is 6. The molecule has 170 valence electrons. The Morgan fingerprint density at radius 2 is 1.90 bits per heavy atom. The number of anilines is 1. The fraction of sp³-hybridized carbons (Fsp3) is 0.720. The zero-order chi connectivity index (χ0) is 22.2. The Morgan fingerprint density at radius 1 is 1.23 bits per heavy atom. The number of piperazine rings is 1. The summed E-state index contributed by atoms with van der Waals surface area (Å²) in [5.41, 5.74) is 0.862. The van der Waals surface area contributed by atoms with E-state index in [0.29, 0.717) is 25.0 Å². The number of ketones is 1. The van der Waals surface area contributed by atoms with Gasteiger partial charge in [0.2, 0.25) is 5.95 Å². The van der Waals surface area contributed by atoms with Crippen LogP contribution < -0.4 is 4.90 Å². The normalized spacial score (nSPS) is 21.8. The first kappa shape index (κ1) is 23.7. The van der Waals surface area contributed by atoms with E-state index in [1.807, 2.05) is 19.4 Å². The minimum absolute atomic E-state index is 0.248. The van der Waals surface area contributed by atoms with Crippen LogP contribution in [0.15, 0.2) is 12.4 Å². The highest BCUT2D eigenvalue weighted by atomic mass is 16.1. The highest BCUT2D eigenvalue weighted by Crippen LogP contribution is 2.34. The van der Waals surface area contributed by atoms with E-state index in [9.17, 15) is 4.79 Å². The predicted molar refractivity (Wildman–Crippen MR) is 126 cm³/mol. The van der Waals surface area contributed by atoms with Crippen molar-refractivity contribution < 1.29 is 4.79 Å². The van der Waals surface area contributed by atoms with Gasteiger partial charge in [-0.05, 0) is 52.6 Å². The molecule has 0 aliphatic carbocycles. The van der Waals surface area contributed by atoms with Crippen LogP contribution in [0.4, 0.5) is 5.95 Å². The predicted octanol–water partition coefficient (Wildman–Crippen LogP) is 3.36. The molecule has 31 heavy (non-hydrogen) atoms. The molecule has 6 heteroatoms.